The van der Waals surface area contributed by atoms with Crippen molar-refractivity contribution < 1.29 is 0 Å². The first-order valence-electron chi connectivity index (χ1n) is 9.68. The first-order chi connectivity index (χ1) is 14.3. The van der Waals surface area contributed by atoms with Crippen LogP contribution in [0.2, 0.25) is 0 Å². The lowest BCUT2D eigenvalue weighted by Crippen LogP contribution is -2.10. The van der Waals surface area contributed by atoms with Gasteiger partial charge in [-0.05, 0) is 35.2 Å². The highest BCUT2D eigenvalue weighted by molar-refractivity contribution is 9.10. The minimum absolute atomic E-state index is 0.0978. The van der Waals surface area contributed by atoms with Gasteiger partial charge in [-0.15, -0.1) is 0 Å². The molecule has 0 aliphatic rings. The second-order valence-electron chi connectivity index (χ2n) is 8.15. The van der Waals surface area contributed by atoms with Crippen LogP contribution in [0, 0.1) is 0 Å². The number of nitrogens with zero attached hydrogens (tertiary/aromatic N) is 3. The number of aromatic nitrogens is 3. The summed E-state index contributed by atoms with van der Waals surface area (Å²) in [6.45, 7) is 6.63. The molecule has 30 heavy (non-hydrogen) atoms. The molecule has 0 unspecified atom stereocenters. The third kappa shape index (κ3) is 4.68. The van der Waals surface area contributed by atoms with Crippen LogP contribution in [0.1, 0.15) is 26.3 Å². The first-order valence-corrected chi connectivity index (χ1v) is 11.3. The van der Waals surface area contributed by atoms with Crippen molar-refractivity contribution in [3.05, 3.63) is 87.3 Å². The van der Waals surface area contributed by atoms with Crippen LogP contribution in [0.5, 0.6) is 0 Å². The third-order valence-corrected chi connectivity index (χ3v) is 5.80. The number of hydrogen-bond acceptors (Lipinski definition) is 3. The maximum absolute atomic E-state index is 4.80. The highest BCUT2D eigenvalue weighted by Gasteiger charge is 2.16. The van der Waals surface area contributed by atoms with Crippen LogP contribution in [-0.2, 0) is 5.41 Å². The van der Waals surface area contributed by atoms with Crippen LogP contribution in [0.25, 0.3) is 34.2 Å². The van der Waals surface area contributed by atoms with Crippen molar-refractivity contribution in [1.29, 1.82) is 0 Å². The standard InChI is InChI=1S/C25H21Br2N3/c1-25(2,3)19-12-10-16(11-13-19)22-28-23(17-6-4-8-20(26)14-17)30-24(29-22)18-7-5-9-21(27)15-18/h4-15H,1-3H3. The van der Waals surface area contributed by atoms with Crippen LogP contribution in [0.15, 0.2) is 81.7 Å². The van der Waals surface area contributed by atoms with Gasteiger partial charge in [-0.2, -0.15) is 0 Å². The van der Waals surface area contributed by atoms with E-state index >= 15 is 0 Å². The van der Waals surface area contributed by atoms with Crippen molar-refractivity contribution in [3.63, 3.8) is 0 Å². The summed E-state index contributed by atoms with van der Waals surface area (Å²) < 4.78 is 1.97. The Bertz CT molecular complexity index is 1130. The second-order valence-corrected chi connectivity index (χ2v) is 9.99. The molecule has 0 aliphatic heterocycles. The molecule has 0 aliphatic carbocycles. The van der Waals surface area contributed by atoms with Gasteiger partial charge in [-0.1, -0.05) is 101 Å². The topological polar surface area (TPSA) is 38.7 Å². The fourth-order valence-electron chi connectivity index (χ4n) is 3.14. The molecule has 5 heteroatoms. The molecule has 150 valence electrons. The summed E-state index contributed by atoms with van der Waals surface area (Å²) in [5, 5.41) is 0. The van der Waals surface area contributed by atoms with Crippen molar-refractivity contribution in [1.82, 2.24) is 15.0 Å². The Morgan fingerprint density at radius 2 is 1.00 bits per heavy atom. The monoisotopic (exact) mass is 521 g/mol. The Morgan fingerprint density at radius 3 is 1.40 bits per heavy atom. The molecule has 1 aromatic heterocycles. The van der Waals surface area contributed by atoms with Gasteiger partial charge < -0.3 is 0 Å². The fraction of sp³-hybridized carbons (Fsp3) is 0.160. The predicted molar refractivity (Wildman–Crippen MR) is 130 cm³/mol. The van der Waals surface area contributed by atoms with E-state index in [9.17, 15) is 0 Å². The van der Waals surface area contributed by atoms with Crippen LogP contribution < -0.4 is 0 Å². The summed E-state index contributed by atoms with van der Waals surface area (Å²) >= 11 is 7.09. The van der Waals surface area contributed by atoms with Gasteiger partial charge in [0.15, 0.2) is 17.5 Å². The summed E-state index contributed by atoms with van der Waals surface area (Å²) in [7, 11) is 0. The van der Waals surface area contributed by atoms with Crippen molar-refractivity contribution in [2.24, 2.45) is 0 Å². The third-order valence-electron chi connectivity index (χ3n) is 4.81. The largest absolute Gasteiger partial charge is 0.208 e. The summed E-state index contributed by atoms with van der Waals surface area (Å²) in [4.78, 5) is 14.4. The molecule has 0 saturated carbocycles. The maximum Gasteiger partial charge on any atom is 0.164 e. The van der Waals surface area contributed by atoms with E-state index in [2.05, 4.69) is 76.9 Å². The minimum Gasteiger partial charge on any atom is -0.208 e. The van der Waals surface area contributed by atoms with E-state index in [0.29, 0.717) is 17.5 Å². The van der Waals surface area contributed by atoms with E-state index in [1.54, 1.807) is 0 Å². The summed E-state index contributed by atoms with van der Waals surface area (Å²) in [5.74, 6) is 1.96. The minimum atomic E-state index is 0.0978. The molecule has 0 saturated heterocycles. The van der Waals surface area contributed by atoms with Gasteiger partial charge in [0, 0.05) is 25.6 Å². The van der Waals surface area contributed by atoms with E-state index in [1.165, 1.54) is 5.56 Å². The Balaban J connectivity index is 1.87. The van der Waals surface area contributed by atoms with Crippen LogP contribution in [0.4, 0.5) is 0 Å². The molecule has 0 atom stereocenters. The lowest BCUT2D eigenvalue weighted by atomic mass is 9.87. The summed E-state index contributed by atoms with van der Waals surface area (Å²) in [6, 6.07) is 24.5. The quantitative estimate of drug-likeness (QED) is 0.276. The molecule has 4 rings (SSSR count). The molecular formula is C25H21Br2N3. The van der Waals surface area contributed by atoms with Gasteiger partial charge in [-0.3, -0.25) is 0 Å². The smallest absolute Gasteiger partial charge is 0.164 e. The van der Waals surface area contributed by atoms with Gasteiger partial charge >= 0.3 is 0 Å². The average molecular weight is 523 g/mol. The van der Waals surface area contributed by atoms with Gasteiger partial charge in [0.1, 0.15) is 0 Å². The molecule has 0 spiro atoms. The molecule has 3 aromatic carbocycles. The predicted octanol–water partition coefficient (Wildman–Crippen LogP) is 7.70. The lowest BCUT2D eigenvalue weighted by molar-refractivity contribution is 0.590. The normalized spacial score (nSPS) is 11.5. The molecule has 0 bridgehead atoms. The molecule has 0 fully saturated rings. The van der Waals surface area contributed by atoms with Gasteiger partial charge in [0.05, 0.1) is 0 Å². The number of hydrogen-bond donors (Lipinski definition) is 0. The molecule has 3 nitrogen and oxygen atoms in total. The highest BCUT2D eigenvalue weighted by Crippen LogP contribution is 2.29. The zero-order valence-corrected chi connectivity index (χ0v) is 20.2. The Morgan fingerprint density at radius 1 is 0.567 bits per heavy atom. The zero-order chi connectivity index (χ0) is 21.3. The average Bonchev–Trinajstić information content (AvgIpc) is 2.73. The van der Waals surface area contributed by atoms with E-state index < -0.39 is 0 Å². The molecule has 0 radical (unpaired) electrons. The SMILES string of the molecule is CC(C)(C)c1ccc(-c2nc(-c3cccc(Br)c3)nc(-c3cccc(Br)c3)n2)cc1. The Kier molecular flexibility index (Phi) is 5.85. The van der Waals surface area contributed by atoms with E-state index in [0.717, 1.165) is 25.6 Å². The molecular weight excluding hydrogens is 502 g/mol. The van der Waals surface area contributed by atoms with Gasteiger partial charge in [0.2, 0.25) is 0 Å². The first kappa shape index (κ1) is 20.9. The zero-order valence-electron chi connectivity index (χ0n) is 17.0. The van der Waals surface area contributed by atoms with Crippen LogP contribution in [-0.4, -0.2) is 15.0 Å². The number of benzene rings is 3. The van der Waals surface area contributed by atoms with Gasteiger partial charge in [0.25, 0.3) is 0 Å². The van der Waals surface area contributed by atoms with E-state index in [4.69, 9.17) is 15.0 Å². The van der Waals surface area contributed by atoms with Gasteiger partial charge in [-0.25, -0.2) is 15.0 Å². The summed E-state index contributed by atoms with van der Waals surface area (Å²) in [5.41, 5.74) is 4.23. The van der Waals surface area contributed by atoms with E-state index in [1.807, 2.05) is 48.5 Å². The Labute approximate surface area is 193 Å². The van der Waals surface area contributed by atoms with Crippen LogP contribution in [0.3, 0.4) is 0 Å². The number of rotatable bonds is 3. The van der Waals surface area contributed by atoms with Crippen molar-refractivity contribution in [3.8, 4) is 34.2 Å². The molecule has 0 amide bonds. The molecule has 1 heterocycles. The summed E-state index contributed by atoms with van der Waals surface area (Å²) in [6.07, 6.45) is 0. The van der Waals surface area contributed by atoms with Crippen molar-refractivity contribution in [2.75, 3.05) is 0 Å². The van der Waals surface area contributed by atoms with E-state index in [-0.39, 0.29) is 5.41 Å². The lowest BCUT2D eigenvalue weighted by Gasteiger charge is -2.19. The molecule has 4 aromatic rings. The highest BCUT2D eigenvalue weighted by atomic mass is 79.9. The number of halogens is 2. The second kappa shape index (κ2) is 8.40. The van der Waals surface area contributed by atoms with Crippen molar-refractivity contribution >= 4 is 31.9 Å². The molecule has 0 N–H and O–H groups in total. The van der Waals surface area contributed by atoms with Crippen molar-refractivity contribution in [2.45, 2.75) is 26.2 Å². The fourth-order valence-corrected chi connectivity index (χ4v) is 3.94. The van der Waals surface area contributed by atoms with Crippen LogP contribution >= 0.6 is 31.9 Å². The maximum atomic E-state index is 4.80. The Hall–Kier alpha value is -2.37.